The summed E-state index contributed by atoms with van der Waals surface area (Å²) in [6.07, 6.45) is 0. The zero-order chi connectivity index (χ0) is 19.2. The van der Waals surface area contributed by atoms with Crippen molar-refractivity contribution in [2.45, 2.75) is 0 Å². The maximum absolute atomic E-state index is 12.6. The van der Waals surface area contributed by atoms with E-state index in [1.165, 1.54) is 12.1 Å². The number of thiocarbonyl (C=S) groups is 1. The number of amides is 2. The van der Waals surface area contributed by atoms with Crippen LogP contribution in [0.2, 0.25) is 10.0 Å². The summed E-state index contributed by atoms with van der Waals surface area (Å²) in [5.74, 6) is -1.65. The molecule has 0 unspecified atom stereocenters. The molecule has 1 aliphatic rings. The Morgan fingerprint density at radius 3 is 2.27 bits per heavy atom. The molecule has 0 aromatic heterocycles. The van der Waals surface area contributed by atoms with Gasteiger partial charge in [0.25, 0.3) is 0 Å². The highest BCUT2D eigenvalue weighted by atomic mass is 35.5. The second-order valence-corrected chi connectivity index (χ2v) is 10.5. The summed E-state index contributed by atoms with van der Waals surface area (Å²) < 4.78 is 12.3. The van der Waals surface area contributed by atoms with E-state index in [0.717, 1.165) is 9.80 Å². The SMILES string of the molecule is CP(C)(=O)c1cccc(N2C(=O)C(=O)N(c3cc(Cl)ccc3Cl)C2=S)c1. The third-order valence-electron chi connectivity index (χ3n) is 3.83. The van der Waals surface area contributed by atoms with E-state index in [0.29, 0.717) is 16.0 Å². The molecule has 0 radical (unpaired) electrons. The van der Waals surface area contributed by atoms with Gasteiger partial charge in [0, 0.05) is 10.3 Å². The first-order valence-electron chi connectivity index (χ1n) is 7.44. The number of halogens is 2. The number of hydrogen-bond acceptors (Lipinski definition) is 4. The van der Waals surface area contributed by atoms with Crippen LogP contribution in [0, 0.1) is 0 Å². The summed E-state index contributed by atoms with van der Waals surface area (Å²) in [4.78, 5) is 27.3. The monoisotopic (exact) mass is 426 g/mol. The average molecular weight is 427 g/mol. The molecule has 1 aliphatic heterocycles. The Morgan fingerprint density at radius 1 is 0.962 bits per heavy atom. The van der Waals surface area contributed by atoms with Crippen molar-refractivity contribution in [3.05, 3.63) is 52.5 Å². The Kier molecular flexibility index (Phi) is 4.97. The third-order valence-corrected chi connectivity index (χ3v) is 6.27. The Labute approximate surface area is 165 Å². The summed E-state index contributed by atoms with van der Waals surface area (Å²) in [7, 11) is -2.55. The van der Waals surface area contributed by atoms with Crippen LogP contribution in [0.5, 0.6) is 0 Å². The van der Waals surface area contributed by atoms with Crippen LogP contribution in [0.15, 0.2) is 42.5 Å². The highest BCUT2D eigenvalue weighted by molar-refractivity contribution is 7.81. The van der Waals surface area contributed by atoms with Crippen LogP contribution in [0.1, 0.15) is 0 Å². The first-order chi connectivity index (χ1) is 12.1. The lowest BCUT2D eigenvalue weighted by atomic mass is 10.3. The van der Waals surface area contributed by atoms with Gasteiger partial charge in [0.2, 0.25) is 0 Å². The maximum atomic E-state index is 12.6. The number of benzene rings is 2. The van der Waals surface area contributed by atoms with E-state index in [9.17, 15) is 14.2 Å². The van der Waals surface area contributed by atoms with E-state index in [1.54, 1.807) is 43.7 Å². The molecule has 2 amide bonds. The molecule has 134 valence electrons. The van der Waals surface area contributed by atoms with Crippen molar-refractivity contribution in [2.24, 2.45) is 0 Å². The summed E-state index contributed by atoms with van der Waals surface area (Å²) in [5.41, 5.74) is 0.605. The molecule has 0 spiro atoms. The van der Waals surface area contributed by atoms with E-state index in [4.69, 9.17) is 35.4 Å². The quantitative estimate of drug-likeness (QED) is 0.424. The standard InChI is InChI=1S/C17H13Cl2N2O3PS/c1-25(2,24)12-5-3-4-11(9-12)20-15(22)16(23)21(17(20)26)14-8-10(18)6-7-13(14)19/h3-9H,1-2H3. The predicted octanol–water partition coefficient (Wildman–Crippen LogP) is 3.91. The molecule has 0 atom stereocenters. The van der Waals surface area contributed by atoms with E-state index >= 15 is 0 Å². The van der Waals surface area contributed by atoms with E-state index in [2.05, 4.69) is 0 Å². The predicted molar refractivity (Wildman–Crippen MR) is 110 cm³/mol. The molecule has 5 nitrogen and oxygen atoms in total. The van der Waals surface area contributed by atoms with Gasteiger partial charge in [0.15, 0.2) is 5.11 Å². The van der Waals surface area contributed by atoms with Gasteiger partial charge in [-0.2, -0.15) is 0 Å². The van der Waals surface area contributed by atoms with E-state index in [1.807, 2.05) is 0 Å². The summed E-state index contributed by atoms with van der Waals surface area (Å²) in [6, 6.07) is 11.2. The Balaban J connectivity index is 2.08. The van der Waals surface area contributed by atoms with E-state index < -0.39 is 19.0 Å². The normalized spacial score (nSPS) is 15.2. The van der Waals surface area contributed by atoms with E-state index in [-0.39, 0.29) is 15.8 Å². The Morgan fingerprint density at radius 2 is 1.62 bits per heavy atom. The number of carbonyl (C=O) groups excluding carboxylic acids is 2. The van der Waals surface area contributed by atoms with Gasteiger partial charge >= 0.3 is 11.8 Å². The average Bonchev–Trinajstić information content (AvgIpc) is 2.79. The fourth-order valence-corrected chi connectivity index (χ4v) is 4.16. The molecule has 2 aromatic rings. The van der Waals surface area contributed by atoms with Crippen molar-refractivity contribution in [3.63, 3.8) is 0 Å². The molecule has 2 aromatic carbocycles. The number of carbonyl (C=O) groups is 2. The highest BCUT2D eigenvalue weighted by Crippen LogP contribution is 2.37. The van der Waals surface area contributed by atoms with Crippen LogP contribution >= 0.6 is 42.6 Å². The minimum Gasteiger partial charge on any atom is -0.319 e. The van der Waals surface area contributed by atoms with Gasteiger partial charge in [-0.25, -0.2) is 9.80 Å². The molecule has 1 fully saturated rings. The molecule has 0 N–H and O–H groups in total. The lowest BCUT2D eigenvalue weighted by Gasteiger charge is -2.20. The fourth-order valence-electron chi connectivity index (χ4n) is 2.53. The third kappa shape index (κ3) is 3.30. The lowest BCUT2D eigenvalue weighted by Crippen LogP contribution is -2.33. The van der Waals surface area contributed by atoms with Crippen molar-refractivity contribution in [2.75, 3.05) is 23.1 Å². The molecule has 0 aliphatic carbocycles. The molecule has 1 saturated heterocycles. The van der Waals surface area contributed by atoms with Crippen molar-refractivity contribution in [1.29, 1.82) is 0 Å². The van der Waals surface area contributed by atoms with Crippen LogP contribution in [-0.4, -0.2) is 30.3 Å². The van der Waals surface area contributed by atoms with Crippen molar-refractivity contribution >= 4 is 76.2 Å². The lowest BCUT2D eigenvalue weighted by molar-refractivity contribution is -0.133. The minimum absolute atomic E-state index is 0.0386. The number of hydrogen-bond donors (Lipinski definition) is 0. The summed E-state index contributed by atoms with van der Waals surface area (Å²) in [5, 5.41) is 1.13. The minimum atomic E-state index is -2.55. The van der Waals surface area contributed by atoms with Crippen molar-refractivity contribution in [3.8, 4) is 0 Å². The fraction of sp³-hybridized carbons (Fsp3) is 0.118. The Bertz CT molecular complexity index is 1010. The van der Waals surface area contributed by atoms with Gasteiger partial charge in [0.1, 0.15) is 7.14 Å². The van der Waals surface area contributed by atoms with Gasteiger partial charge in [-0.15, -0.1) is 0 Å². The molecule has 0 saturated carbocycles. The van der Waals surface area contributed by atoms with Gasteiger partial charge in [0.05, 0.1) is 16.4 Å². The maximum Gasteiger partial charge on any atom is 0.323 e. The summed E-state index contributed by atoms with van der Waals surface area (Å²) in [6.45, 7) is 3.25. The summed E-state index contributed by atoms with van der Waals surface area (Å²) >= 11 is 17.5. The highest BCUT2D eigenvalue weighted by Gasteiger charge is 2.44. The largest absolute Gasteiger partial charge is 0.323 e. The number of rotatable bonds is 3. The molecule has 1 heterocycles. The van der Waals surface area contributed by atoms with Crippen molar-refractivity contribution in [1.82, 2.24) is 0 Å². The first-order valence-corrected chi connectivity index (χ1v) is 11.2. The number of nitrogens with zero attached hydrogens (tertiary/aromatic N) is 2. The van der Waals surface area contributed by atoms with Gasteiger partial charge in [-0.1, -0.05) is 35.3 Å². The Hall–Kier alpha value is -1.72. The van der Waals surface area contributed by atoms with Gasteiger partial charge < -0.3 is 4.57 Å². The van der Waals surface area contributed by atoms with Crippen LogP contribution in [0.25, 0.3) is 0 Å². The smallest absolute Gasteiger partial charge is 0.319 e. The van der Waals surface area contributed by atoms with Crippen LogP contribution < -0.4 is 15.1 Å². The second kappa shape index (κ2) is 6.78. The molecular weight excluding hydrogens is 414 g/mol. The van der Waals surface area contributed by atoms with Crippen LogP contribution in [0.3, 0.4) is 0 Å². The molecular formula is C17H13Cl2N2O3PS. The molecule has 26 heavy (non-hydrogen) atoms. The topological polar surface area (TPSA) is 57.7 Å². The molecule has 9 heteroatoms. The molecule has 3 rings (SSSR count). The van der Waals surface area contributed by atoms with Crippen LogP contribution in [-0.2, 0) is 14.2 Å². The zero-order valence-electron chi connectivity index (χ0n) is 13.8. The van der Waals surface area contributed by atoms with Gasteiger partial charge in [-0.05, 0) is 55.9 Å². The zero-order valence-corrected chi connectivity index (χ0v) is 17.0. The van der Waals surface area contributed by atoms with Gasteiger partial charge in [-0.3, -0.25) is 9.59 Å². The molecule has 0 bridgehead atoms. The number of anilines is 2. The first kappa shape index (κ1) is 19.1. The second-order valence-electron chi connectivity index (χ2n) is 6.03. The van der Waals surface area contributed by atoms with Crippen molar-refractivity contribution < 1.29 is 14.2 Å². The van der Waals surface area contributed by atoms with Crippen LogP contribution in [0.4, 0.5) is 11.4 Å².